The van der Waals surface area contributed by atoms with E-state index in [-0.39, 0.29) is 6.54 Å². The van der Waals surface area contributed by atoms with Gasteiger partial charge in [-0.15, -0.1) is 4.83 Å². The fourth-order valence-electron chi connectivity index (χ4n) is 1.73. The Labute approximate surface area is 128 Å². The minimum absolute atomic E-state index is 0.0175. The Bertz CT molecular complexity index is 318. The highest BCUT2D eigenvalue weighted by molar-refractivity contribution is 7.77. The molecule has 0 rings (SSSR count). The molecule has 0 saturated heterocycles. The van der Waals surface area contributed by atoms with Gasteiger partial charge in [0.25, 0.3) is 11.3 Å². The van der Waals surface area contributed by atoms with E-state index in [2.05, 4.69) is 0 Å². The smallest absolute Gasteiger partial charge is 0.464 e. The summed E-state index contributed by atoms with van der Waals surface area (Å²) in [6.45, 7) is 6.83. The van der Waals surface area contributed by atoms with E-state index in [9.17, 15) is 9.00 Å². The topological polar surface area (TPSA) is 118 Å². The predicted octanol–water partition coefficient (Wildman–Crippen LogP) is 1.05. The quantitative estimate of drug-likeness (QED) is 0.275. The fraction of sp³-hybridized carbons (Fsp3) is 0.900. The van der Waals surface area contributed by atoms with Crippen molar-refractivity contribution in [2.24, 2.45) is 0 Å². The molecular formula is C10H24N2O7SSi. The van der Waals surface area contributed by atoms with Crippen LogP contribution in [-0.4, -0.2) is 60.1 Å². The Hall–Kier alpha value is -0.563. The van der Waals surface area contributed by atoms with Crippen molar-refractivity contribution in [1.82, 2.24) is 9.84 Å². The summed E-state index contributed by atoms with van der Waals surface area (Å²) < 4.78 is 36.2. The number of hydrazine groups is 1. The Morgan fingerprint density at radius 1 is 1.19 bits per heavy atom. The summed E-state index contributed by atoms with van der Waals surface area (Å²) in [7, 11) is -2.82. The average Bonchev–Trinajstić information content (AvgIpc) is 2.38. The third-order valence-corrected chi connectivity index (χ3v) is 5.90. The van der Waals surface area contributed by atoms with Crippen LogP contribution in [0.2, 0.25) is 6.04 Å². The molecule has 9 nitrogen and oxygen atoms in total. The van der Waals surface area contributed by atoms with Crippen molar-refractivity contribution in [3.8, 4) is 0 Å². The normalized spacial score (nSPS) is 13.1. The van der Waals surface area contributed by atoms with Crippen molar-refractivity contribution in [1.29, 1.82) is 0 Å². The lowest BCUT2D eigenvalue weighted by atomic mass is 10.5. The first-order valence-corrected chi connectivity index (χ1v) is 9.74. The summed E-state index contributed by atoms with van der Waals surface area (Å²) in [5.41, 5.74) is 0. The summed E-state index contributed by atoms with van der Waals surface area (Å²) in [6, 6.07) is 0.423. The van der Waals surface area contributed by atoms with Gasteiger partial charge in [0.05, 0.1) is 0 Å². The molecule has 0 aromatic heterocycles. The highest BCUT2D eigenvalue weighted by atomic mass is 32.2. The maximum atomic E-state index is 10.9. The van der Waals surface area contributed by atoms with Crippen LogP contribution < -0.4 is 4.83 Å². The number of nitrogens with one attached hydrogen (secondary N) is 1. The number of carbonyl (C=O) groups is 1. The van der Waals surface area contributed by atoms with E-state index in [0.29, 0.717) is 37.3 Å². The summed E-state index contributed by atoms with van der Waals surface area (Å²) in [4.78, 5) is 12.8. The summed E-state index contributed by atoms with van der Waals surface area (Å²) >= 11 is -2.44. The minimum Gasteiger partial charge on any atom is -0.464 e. The number of rotatable bonds is 12. The van der Waals surface area contributed by atoms with Gasteiger partial charge in [0.15, 0.2) is 0 Å². The van der Waals surface area contributed by atoms with Crippen LogP contribution in [-0.2, 0) is 24.5 Å². The molecule has 0 aromatic carbocycles. The summed E-state index contributed by atoms with van der Waals surface area (Å²) in [5.74, 6) is 0. The molecule has 0 spiro atoms. The molecule has 0 radical (unpaired) electrons. The van der Waals surface area contributed by atoms with Gasteiger partial charge in [-0.2, -0.15) is 0 Å². The Morgan fingerprint density at radius 2 is 1.67 bits per heavy atom. The first-order chi connectivity index (χ1) is 9.90. The van der Waals surface area contributed by atoms with Gasteiger partial charge in [-0.05, 0) is 27.2 Å². The van der Waals surface area contributed by atoms with Gasteiger partial charge in [-0.25, -0.2) is 14.0 Å². The largest absolute Gasteiger partial charge is 0.500 e. The van der Waals surface area contributed by atoms with E-state index in [0.717, 1.165) is 0 Å². The average molecular weight is 344 g/mol. The van der Waals surface area contributed by atoms with Gasteiger partial charge in [0.1, 0.15) is 0 Å². The van der Waals surface area contributed by atoms with Crippen LogP contribution in [0, 0.1) is 0 Å². The third-order valence-electron chi connectivity index (χ3n) is 2.38. The standard InChI is InChI=1S/C10H24N2O7SSi/c1-4-17-21(18-5-2,19-6-3)9-7-8-12(10(13)14)11-20(15)16/h11H,4-9H2,1-3H3,(H,13,14)(H,15,16). The maximum absolute atomic E-state index is 10.9. The molecule has 1 unspecified atom stereocenters. The van der Waals surface area contributed by atoms with Crippen molar-refractivity contribution < 1.29 is 31.9 Å². The molecule has 3 N–H and O–H groups in total. The van der Waals surface area contributed by atoms with Crippen LogP contribution in [0.25, 0.3) is 0 Å². The zero-order valence-electron chi connectivity index (χ0n) is 12.5. The maximum Gasteiger partial charge on any atom is 0.500 e. The Kier molecular flexibility index (Phi) is 10.8. The Morgan fingerprint density at radius 3 is 2.00 bits per heavy atom. The third kappa shape index (κ3) is 8.46. The first-order valence-electron chi connectivity index (χ1n) is 6.70. The predicted molar refractivity (Wildman–Crippen MR) is 78.7 cm³/mol. The molecule has 11 heteroatoms. The monoisotopic (exact) mass is 344 g/mol. The first kappa shape index (κ1) is 20.4. The number of amides is 1. The SMILES string of the molecule is CCO[Si](CCCN(NS(=O)O)C(=O)O)(OCC)OCC. The van der Waals surface area contributed by atoms with Gasteiger partial charge in [0, 0.05) is 32.4 Å². The van der Waals surface area contributed by atoms with Crippen LogP contribution in [0.4, 0.5) is 4.79 Å². The Balaban J connectivity index is 4.57. The molecule has 0 aromatic rings. The second-order valence-electron chi connectivity index (χ2n) is 3.86. The number of hydrogen-bond donors (Lipinski definition) is 3. The van der Waals surface area contributed by atoms with Gasteiger partial charge >= 0.3 is 14.9 Å². The second-order valence-corrected chi connectivity index (χ2v) is 7.27. The second kappa shape index (κ2) is 11.1. The summed E-state index contributed by atoms with van der Waals surface area (Å²) in [6.07, 6.45) is -0.961. The summed E-state index contributed by atoms with van der Waals surface area (Å²) in [5, 5.41) is 9.55. The number of hydrogen-bond acceptors (Lipinski definition) is 5. The molecule has 0 aliphatic rings. The van der Waals surface area contributed by atoms with Crippen LogP contribution in [0.15, 0.2) is 0 Å². The van der Waals surface area contributed by atoms with E-state index in [4.69, 9.17) is 22.9 Å². The molecule has 0 fully saturated rings. The highest BCUT2D eigenvalue weighted by Crippen LogP contribution is 2.18. The molecule has 0 saturated carbocycles. The van der Waals surface area contributed by atoms with Gasteiger partial charge in [-0.3, -0.25) is 4.55 Å². The van der Waals surface area contributed by atoms with Crippen molar-refractivity contribution >= 4 is 26.2 Å². The van der Waals surface area contributed by atoms with Crippen LogP contribution in [0.5, 0.6) is 0 Å². The van der Waals surface area contributed by atoms with E-state index in [1.807, 2.05) is 25.6 Å². The van der Waals surface area contributed by atoms with E-state index < -0.39 is 26.2 Å². The van der Waals surface area contributed by atoms with Crippen LogP contribution in [0.1, 0.15) is 27.2 Å². The number of carboxylic acid groups (broad SMARTS) is 1. The van der Waals surface area contributed by atoms with Gasteiger partial charge in [0.2, 0.25) is 0 Å². The molecular weight excluding hydrogens is 320 g/mol. The van der Waals surface area contributed by atoms with Gasteiger partial charge < -0.3 is 18.4 Å². The lowest BCUT2D eigenvalue weighted by molar-refractivity contribution is 0.0693. The fourth-order valence-corrected chi connectivity index (χ4v) is 4.68. The minimum atomic E-state index is -2.82. The molecule has 0 aliphatic carbocycles. The van der Waals surface area contributed by atoms with Crippen LogP contribution in [0.3, 0.4) is 0 Å². The molecule has 126 valence electrons. The molecule has 1 atom stereocenters. The molecule has 0 aliphatic heterocycles. The zero-order chi connectivity index (χ0) is 16.3. The highest BCUT2D eigenvalue weighted by Gasteiger charge is 2.39. The van der Waals surface area contributed by atoms with E-state index in [1.54, 1.807) is 0 Å². The lowest BCUT2D eigenvalue weighted by Gasteiger charge is -2.29. The van der Waals surface area contributed by atoms with Crippen molar-refractivity contribution in [3.63, 3.8) is 0 Å². The van der Waals surface area contributed by atoms with Gasteiger partial charge in [-0.1, -0.05) is 0 Å². The van der Waals surface area contributed by atoms with E-state index >= 15 is 0 Å². The molecule has 0 bridgehead atoms. The van der Waals surface area contributed by atoms with Crippen LogP contribution >= 0.6 is 0 Å². The zero-order valence-corrected chi connectivity index (χ0v) is 14.4. The van der Waals surface area contributed by atoms with Crippen molar-refractivity contribution in [2.45, 2.75) is 33.2 Å². The molecule has 0 heterocycles. The number of nitrogens with zero attached hydrogens (tertiary/aromatic N) is 1. The van der Waals surface area contributed by atoms with E-state index in [1.165, 1.54) is 0 Å². The molecule has 1 amide bonds. The van der Waals surface area contributed by atoms with Crippen molar-refractivity contribution in [3.05, 3.63) is 0 Å². The molecule has 21 heavy (non-hydrogen) atoms. The van der Waals surface area contributed by atoms with Crippen molar-refractivity contribution in [2.75, 3.05) is 26.4 Å². The lowest BCUT2D eigenvalue weighted by Crippen LogP contribution is -2.48.